The van der Waals surface area contributed by atoms with Crippen LogP contribution in [-0.4, -0.2) is 31.3 Å². The molecule has 116 valence electrons. The molecular weight excluding hydrogens is 268 g/mol. The zero-order valence-electron chi connectivity index (χ0n) is 12.6. The van der Waals surface area contributed by atoms with Gasteiger partial charge < -0.3 is 14.8 Å². The molecule has 21 heavy (non-hydrogen) atoms. The molecular formula is C16H24N2O3. The van der Waals surface area contributed by atoms with Crippen LogP contribution >= 0.6 is 0 Å². The molecule has 1 saturated carbocycles. The van der Waals surface area contributed by atoms with Gasteiger partial charge in [-0.15, -0.1) is 0 Å². The lowest BCUT2D eigenvalue weighted by Gasteiger charge is -2.35. The van der Waals surface area contributed by atoms with Gasteiger partial charge in [0.05, 0.1) is 23.8 Å². The number of carboxylic acids is 1. The Labute approximate surface area is 125 Å². The summed E-state index contributed by atoms with van der Waals surface area (Å²) in [6, 6.07) is 0. The van der Waals surface area contributed by atoms with E-state index in [0.29, 0.717) is 32.2 Å². The normalized spacial score (nSPS) is 29.1. The number of nitrogens with zero attached hydrogens (tertiary/aromatic N) is 2. The standard InChI is InChI=1S/C16H24N2O3/c1-11-17-13-4-2-3-5-14(13)18(11)10-16(21)8-6-12(7-9-16)15(19)20/h12,21H,2-10H2,1H3,(H,19,20). The van der Waals surface area contributed by atoms with E-state index in [9.17, 15) is 9.90 Å². The first-order chi connectivity index (χ1) is 9.98. The Balaban J connectivity index is 1.75. The number of aliphatic carboxylic acids is 1. The van der Waals surface area contributed by atoms with Crippen molar-refractivity contribution in [3.8, 4) is 0 Å². The van der Waals surface area contributed by atoms with Crippen molar-refractivity contribution in [2.75, 3.05) is 0 Å². The maximum atomic E-state index is 11.0. The third kappa shape index (κ3) is 2.84. The lowest BCUT2D eigenvalue weighted by atomic mass is 9.78. The van der Waals surface area contributed by atoms with Gasteiger partial charge in [-0.2, -0.15) is 0 Å². The second kappa shape index (κ2) is 5.44. The Morgan fingerprint density at radius 1 is 1.33 bits per heavy atom. The molecule has 2 aliphatic rings. The predicted octanol–water partition coefficient (Wildman–Crippen LogP) is 2.08. The topological polar surface area (TPSA) is 75.3 Å². The van der Waals surface area contributed by atoms with Gasteiger partial charge in [-0.25, -0.2) is 4.98 Å². The van der Waals surface area contributed by atoms with Crippen molar-refractivity contribution in [2.24, 2.45) is 5.92 Å². The monoisotopic (exact) mass is 292 g/mol. The summed E-state index contributed by atoms with van der Waals surface area (Å²) < 4.78 is 2.18. The molecule has 2 N–H and O–H groups in total. The molecule has 0 saturated heterocycles. The number of aromatic nitrogens is 2. The average molecular weight is 292 g/mol. The van der Waals surface area contributed by atoms with E-state index in [1.807, 2.05) is 6.92 Å². The molecule has 1 aromatic heterocycles. The van der Waals surface area contributed by atoms with Crippen LogP contribution in [0.2, 0.25) is 0 Å². The molecule has 1 heterocycles. The third-order valence-electron chi connectivity index (χ3n) is 5.14. The molecule has 3 rings (SSSR count). The first-order valence-electron chi connectivity index (χ1n) is 7.98. The van der Waals surface area contributed by atoms with E-state index in [0.717, 1.165) is 18.7 Å². The Morgan fingerprint density at radius 2 is 2.00 bits per heavy atom. The highest BCUT2D eigenvalue weighted by molar-refractivity contribution is 5.70. The predicted molar refractivity (Wildman–Crippen MR) is 78.1 cm³/mol. The van der Waals surface area contributed by atoms with Crippen LogP contribution in [0.3, 0.4) is 0 Å². The van der Waals surface area contributed by atoms with Gasteiger partial charge in [-0.3, -0.25) is 4.79 Å². The number of carbonyl (C=O) groups is 1. The SMILES string of the molecule is Cc1nc2c(n1CC1(O)CCC(C(=O)O)CC1)CCCC2. The zero-order chi connectivity index (χ0) is 15.0. The van der Waals surface area contributed by atoms with Crippen molar-refractivity contribution in [1.82, 2.24) is 9.55 Å². The van der Waals surface area contributed by atoms with E-state index in [4.69, 9.17) is 5.11 Å². The van der Waals surface area contributed by atoms with Crippen LogP contribution in [-0.2, 0) is 24.2 Å². The Hall–Kier alpha value is -1.36. The molecule has 0 bridgehead atoms. The molecule has 0 aromatic carbocycles. The maximum absolute atomic E-state index is 11.0. The van der Waals surface area contributed by atoms with Gasteiger partial charge >= 0.3 is 5.97 Å². The van der Waals surface area contributed by atoms with Crippen molar-refractivity contribution in [3.63, 3.8) is 0 Å². The average Bonchev–Trinajstić information content (AvgIpc) is 2.75. The molecule has 5 heteroatoms. The lowest BCUT2D eigenvalue weighted by molar-refractivity contribution is -0.145. The summed E-state index contributed by atoms with van der Waals surface area (Å²) in [4.78, 5) is 15.7. The Bertz CT molecular complexity index is 542. The van der Waals surface area contributed by atoms with E-state index >= 15 is 0 Å². The van der Waals surface area contributed by atoms with Crippen molar-refractivity contribution < 1.29 is 15.0 Å². The summed E-state index contributed by atoms with van der Waals surface area (Å²) in [5.41, 5.74) is 1.71. The quantitative estimate of drug-likeness (QED) is 0.894. The summed E-state index contributed by atoms with van der Waals surface area (Å²) in [7, 11) is 0. The van der Waals surface area contributed by atoms with Gasteiger partial charge in [0.1, 0.15) is 5.82 Å². The third-order valence-corrected chi connectivity index (χ3v) is 5.14. The molecule has 0 unspecified atom stereocenters. The van der Waals surface area contributed by atoms with Gasteiger partial charge in [0.2, 0.25) is 0 Å². The fraction of sp³-hybridized carbons (Fsp3) is 0.750. The maximum Gasteiger partial charge on any atom is 0.306 e. The minimum absolute atomic E-state index is 0.289. The van der Waals surface area contributed by atoms with Crippen LogP contribution in [0.4, 0.5) is 0 Å². The first kappa shape index (κ1) is 14.6. The summed E-state index contributed by atoms with van der Waals surface area (Å²) in [5.74, 6) is -0.0352. The molecule has 1 aromatic rings. The molecule has 0 aliphatic heterocycles. The van der Waals surface area contributed by atoms with Gasteiger partial charge in [0, 0.05) is 5.69 Å². The minimum Gasteiger partial charge on any atom is -0.481 e. The van der Waals surface area contributed by atoms with Gasteiger partial charge in [0.25, 0.3) is 0 Å². The lowest BCUT2D eigenvalue weighted by Crippen LogP contribution is -2.40. The van der Waals surface area contributed by atoms with Crippen molar-refractivity contribution in [2.45, 2.75) is 70.4 Å². The van der Waals surface area contributed by atoms with Crippen molar-refractivity contribution >= 4 is 5.97 Å². The number of fused-ring (bicyclic) bond motifs is 1. The molecule has 0 spiro atoms. The number of imidazole rings is 1. The molecule has 2 aliphatic carbocycles. The van der Waals surface area contributed by atoms with Crippen LogP contribution in [0.1, 0.15) is 55.7 Å². The smallest absolute Gasteiger partial charge is 0.306 e. The van der Waals surface area contributed by atoms with Crippen LogP contribution in [0.15, 0.2) is 0 Å². The fourth-order valence-corrected chi connectivity index (χ4v) is 3.80. The summed E-state index contributed by atoms with van der Waals surface area (Å²) in [6.07, 6.45) is 6.76. The van der Waals surface area contributed by atoms with Crippen LogP contribution < -0.4 is 0 Å². The van der Waals surface area contributed by atoms with Gasteiger partial charge in [-0.1, -0.05) is 0 Å². The van der Waals surface area contributed by atoms with Crippen LogP contribution in [0.25, 0.3) is 0 Å². The van der Waals surface area contributed by atoms with Crippen molar-refractivity contribution in [3.05, 3.63) is 17.2 Å². The Morgan fingerprint density at radius 3 is 2.67 bits per heavy atom. The number of rotatable bonds is 3. The van der Waals surface area contributed by atoms with Crippen LogP contribution in [0, 0.1) is 12.8 Å². The van der Waals surface area contributed by atoms with E-state index in [1.165, 1.54) is 24.2 Å². The Kier molecular flexibility index (Phi) is 3.78. The number of hydrogen-bond donors (Lipinski definition) is 2. The van der Waals surface area contributed by atoms with E-state index in [1.54, 1.807) is 0 Å². The first-order valence-corrected chi connectivity index (χ1v) is 7.98. The molecule has 0 amide bonds. The van der Waals surface area contributed by atoms with E-state index < -0.39 is 11.6 Å². The fourth-order valence-electron chi connectivity index (χ4n) is 3.80. The number of carboxylic acid groups (broad SMARTS) is 1. The highest BCUT2D eigenvalue weighted by atomic mass is 16.4. The largest absolute Gasteiger partial charge is 0.481 e. The molecule has 0 atom stereocenters. The molecule has 0 radical (unpaired) electrons. The second-order valence-corrected chi connectivity index (χ2v) is 6.68. The van der Waals surface area contributed by atoms with Crippen molar-refractivity contribution in [1.29, 1.82) is 0 Å². The van der Waals surface area contributed by atoms with E-state index in [2.05, 4.69) is 9.55 Å². The number of aryl methyl sites for hydroxylation is 2. The minimum atomic E-state index is -0.775. The van der Waals surface area contributed by atoms with E-state index in [-0.39, 0.29) is 5.92 Å². The highest BCUT2D eigenvalue weighted by Crippen LogP contribution is 2.35. The molecule has 5 nitrogen and oxygen atoms in total. The highest BCUT2D eigenvalue weighted by Gasteiger charge is 2.37. The van der Waals surface area contributed by atoms with Gasteiger partial charge in [-0.05, 0) is 58.3 Å². The summed E-state index contributed by atoms with van der Waals surface area (Å²) in [5, 5.41) is 19.9. The number of hydrogen-bond acceptors (Lipinski definition) is 3. The summed E-state index contributed by atoms with van der Waals surface area (Å²) >= 11 is 0. The second-order valence-electron chi connectivity index (χ2n) is 6.68. The molecule has 1 fully saturated rings. The van der Waals surface area contributed by atoms with Gasteiger partial charge in [0.15, 0.2) is 0 Å². The van der Waals surface area contributed by atoms with Crippen LogP contribution in [0.5, 0.6) is 0 Å². The zero-order valence-corrected chi connectivity index (χ0v) is 12.6. The number of aliphatic hydroxyl groups is 1. The summed E-state index contributed by atoms with van der Waals surface area (Å²) in [6.45, 7) is 2.57.